The summed E-state index contributed by atoms with van der Waals surface area (Å²) in [5, 5.41) is 7.34. The second kappa shape index (κ2) is 9.98. The third-order valence-corrected chi connectivity index (χ3v) is 5.14. The van der Waals surface area contributed by atoms with Gasteiger partial charge < -0.3 is 14.8 Å². The minimum Gasteiger partial charge on any atom is -0.454 e. The second-order valence-corrected chi connectivity index (χ2v) is 7.43. The van der Waals surface area contributed by atoms with Crippen LogP contribution in [0, 0.1) is 0 Å². The van der Waals surface area contributed by atoms with Gasteiger partial charge in [-0.2, -0.15) is 5.10 Å². The number of hydrogen-bond donors (Lipinski definition) is 2. The van der Waals surface area contributed by atoms with Crippen LogP contribution in [-0.4, -0.2) is 24.8 Å². The van der Waals surface area contributed by atoms with Crippen LogP contribution >= 0.6 is 11.6 Å². The summed E-state index contributed by atoms with van der Waals surface area (Å²) in [5.41, 5.74) is 4.40. The van der Waals surface area contributed by atoms with Gasteiger partial charge in [-0.05, 0) is 23.8 Å². The highest BCUT2D eigenvalue weighted by atomic mass is 35.5. The fraction of sp³-hybridized carbons (Fsp3) is 0.125. The average Bonchev–Trinajstić information content (AvgIpc) is 3.27. The van der Waals surface area contributed by atoms with Crippen molar-refractivity contribution in [2.45, 2.75) is 12.5 Å². The summed E-state index contributed by atoms with van der Waals surface area (Å²) in [7, 11) is 0. The Morgan fingerprint density at radius 3 is 2.38 bits per heavy atom. The van der Waals surface area contributed by atoms with Crippen molar-refractivity contribution < 1.29 is 19.1 Å². The van der Waals surface area contributed by atoms with Crippen molar-refractivity contribution in [1.82, 2.24) is 10.7 Å². The van der Waals surface area contributed by atoms with E-state index < -0.39 is 6.04 Å². The first-order chi connectivity index (χ1) is 15.6. The van der Waals surface area contributed by atoms with E-state index in [1.807, 2.05) is 36.4 Å². The largest absolute Gasteiger partial charge is 0.454 e. The van der Waals surface area contributed by atoms with E-state index in [2.05, 4.69) is 15.8 Å². The van der Waals surface area contributed by atoms with Crippen LogP contribution in [0.25, 0.3) is 0 Å². The summed E-state index contributed by atoms with van der Waals surface area (Å²) in [6.07, 6.45) is 1.44. The van der Waals surface area contributed by atoms with Crippen molar-refractivity contribution in [2.24, 2.45) is 5.10 Å². The van der Waals surface area contributed by atoms with Gasteiger partial charge in [-0.3, -0.25) is 9.59 Å². The van der Waals surface area contributed by atoms with Gasteiger partial charge in [-0.15, -0.1) is 0 Å². The Morgan fingerprint density at radius 2 is 1.66 bits per heavy atom. The number of benzene rings is 3. The zero-order chi connectivity index (χ0) is 22.3. The van der Waals surface area contributed by atoms with E-state index in [-0.39, 0.29) is 25.0 Å². The highest BCUT2D eigenvalue weighted by Gasteiger charge is 2.19. The molecule has 0 bridgehead atoms. The lowest BCUT2D eigenvalue weighted by atomic mass is 10.0. The molecule has 2 N–H and O–H groups in total. The predicted molar refractivity (Wildman–Crippen MR) is 121 cm³/mol. The average molecular weight is 450 g/mol. The molecular formula is C24H20ClN3O4. The third kappa shape index (κ3) is 5.25. The Hall–Kier alpha value is -3.84. The van der Waals surface area contributed by atoms with Crippen LogP contribution in [0.2, 0.25) is 5.02 Å². The topological polar surface area (TPSA) is 89.0 Å². The fourth-order valence-corrected chi connectivity index (χ4v) is 3.41. The van der Waals surface area contributed by atoms with Crippen molar-refractivity contribution in [1.29, 1.82) is 0 Å². The molecular weight excluding hydrogens is 430 g/mol. The standard InChI is InChI=1S/C24H20ClN3O4/c25-19-12-22-21(31-15-32-22)11-18(19)14-26-28-23(29)13-20(16-7-3-1-4-8-16)27-24(30)17-9-5-2-6-10-17/h1-12,14,20H,13,15H2,(H,27,30)(H,28,29)/b26-14-/t20-/m0/s1. The summed E-state index contributed by atoms with van der Waals surface area (Å²) < 4.78 is 10.6. The van der Waals surface area contributed by atoms with E-state index in [0.29, 0.717) is 27.6 Å². The van der Waals surface area contributed by atoms with Crippen molar-refractivity contribution in [2.75, 3.05) is 6.79 Å². The predicted octanol–water partition coefficient (Wildman–Crippen LogP) is 4.08. The molecule has 1 atom stereocenters. The van der Waals surface area contributed by atoms with Gasteiger partial charge in [0.25, 0.3) is 5.91 Å². The minimum atomic E-state index is -0.520. The van der Waals surface area contributed by atoms with E-state index in [0.717, 1.165) is 5.56 Å². The van der Waals surface area contributed by atoms with Crippen LogP contribution in [-0.2, 0) is 4.79 Å². The highest BCUT2D eigenvalue weighted by Crippen LogP contribution is 2.36. The molecule has 32 heavy (non-hydrogen) atoms. The number of nitrogens with one attached hydrogen (secondary N) is 2. The molecule has 0 unspecified atom stereocenters. The summed E-state index contributed by atoms with van der Waals surface area (Å²) in [4.78, 5) is 25.2. The number of carbonyl (C=O) groups is 2. The van der Waals surface area contributed by atoms with Crippen LogP contribution in [0.5, 0.6) is 11.5 Å². The first-order valence-electron chi connectivity index (χ1n) is 9.92. The van der Waals surface area contributed by atoms with Gasteiger partial charge in [0.2, 0.25) is 12.7 Å². The van der Waals surface area contributed by atoms with Gasteiger partial charge in [0.15, 0.2) is 11.5 Å². The molecule has 0 saturated carbocycles. The molecule has 0 aliphatic carbocycles. The molecule has 4 rings (SSSR count). The molecule has 1 aliphatic heterocycles. The minimum absolute atomic E-state index is 0.00873. The Morgan fingerprint density at radius 1 is 1.00 bits per heavy atom. The third-order valence-electron chi connectivity index (χ3n) is 4.82. The number of nitrogens with zero attached hydrogens (tertiary/aromatic N) is 1. The summed E-state index contributed by atoms with van der Waals surface area (Å²) in [6.45, 7) is 0.137. The van der Waals surface area contributed by atoms with E-state index >= 15 is 0 Å². The number of halogens is 1. The molecule has 0 radical (unpaired) electrons. The monoisotopic (exact) mass is 449 g/mol. The van der Waals surface area contributed by atoms with Crippen molar-refractivity contribution in [3.63, 3.8) is 0 Å². The first-order valence-corrected chi connectivity index (χ1v) is 10.3. The maximum absolute atomic E-state index is 12.6. The van der Waals surface area contributed by atoms with Crippen LogP contribution in [0.15, 0.2) is 77.9 Å². The number of amides is 2. The maximum atomic E-state index is 12.6. The van der Waals surface area contributed by atoms with Crippen LogP contribution in [0.4, 0.5) is 0 Å². The van der Waals surface area contributed by atoms with E-state index in [1.54, 1.807) is 36.4 Å². The number of hydrogen-bond acceptors (Lipinski definition) is 5. The number of carbonyl (C=O) groups excluding carboxylic acids is 2. The molecule has 0 spiro atoms. The van der Waals surface area contributed by atoms with Gasteiger partial charge in [-0.25, -0.2) is 5.43 Å². The quantitative estimate of drug-likeness (QED) is 0.420. The summed E-state index contributed by atoms with van der Waals surface area (Å²) in [6, 6.07) is 21.0. The Balaban J connectivity index is 1.42. The van der Waals surface area contributed by atoms with Crippen molar-refractivity contribution in [3.05, 3.63) is 94.5 Å². The van der Waals surface area contributed by atoms with E-state index in [1.165, 1.54) is 6.21 Å². The Kier molecular flexibility index (Phi) is 6.67. The highest BCUT2D eigenvalue weighted by molar-refractivity contribution is 6.33. The maximum Gasteiger partial charge on any atom is 0.251 e. The second-order valence-electron chi connectivity index (χ2n) is 7.03. The lowest BCUT2D eigenvalue weighted by Crippen LogP contribution is -2.32. The molecule has 3 aromatic carbocycles. The van der Waals surface area contributed by atoms with E-state index in [4.69, 9.17) is 21.1 Å². The number of fused-ring (bicyclic) bond motifs is 1. The molecule has 3 aromatic rings. The first kappa shape index (κ1) is 21.4. The lowest BCUT2D eigenvalue weighted by Gasteiger charge is -2.18. The van der Waals surface area contributed by atoms with Crippen LogP contribution < -0.4 is 20.2 Å². The van der Waals surface area contributed by atoms with Crippen LogP contribution in [0.3, 0.4) is 0 Å². The van der Waals surface area contributed by atoms with Gasteiger partial charge >= 0.3 is 0 Å². The molecule has 2 amide bonds. The van der Waals surface area contributed by atoms with Crippen molar-refractivity contribution in [3.8, 4) is 11.5 Å². The van der Waals surface area contributed by atoms with Gasteiger partial charge in [0.05, 0.1) is 23.7 Å². The molecule has 162 valence electrons. The number of hydrazone groups is 1. The Labute approximate surface area is 190 Å². The molecule has 1 heterocycles. The van der Waals surface area contributed by atoms with Crippen molar-refractivity contribution >= 4 is 29.6 Å². The van der Waals surface area contributed by atoms with Crippen LogP contribution in [0.1, 0.15) is 33.9 Å². The lowest BCUT2D eigenvalue weighted by molar-refractivity contribution is -0.121. The van der Waals surface area contributed by atoms with Gasteiger partial charge in [-0.1, -0.05) is 60.1 Å². The molecule has 0 aromatic heterocycles. The SMILES string of the molecule is O=C(C[C@H](NC(=O)c1ccccc1)c1ccccc1)N/N=C\c1cc2c(cc1Cl)OCO2. The molecule has 1 aliphatic rings. The zero-order valence-corrected chi connectivity index (χ0v) is 17.7. The zero-order valence-electron chi connectivity index (χ0n) is 17.0. The molecule has 7 nitrogen and oxygen atoms in total. The molecule has 0 saturated heterocycles. The Bertz CT molecular complexity index is 1140. The summed E-state index contributed by atoms with van der Waals surface area (Å²) in [5.74, 6) is 0.509. The molecule has 8 heteroatoms. The fourth-order valence-electron chi connectivity index (χ4n) is 3.21. The number of rotatable bonds is 7. The normalized spacial score (nSPS) is 13.0. The van der Waals surface area contributed by atoms with Gasteiger partial charge in [0.1, 0.15) is 0 Å². The van der Waals surface area contributed by atoms with E-state index in [9.17, 15) is 9.59 Å². The van der Waals surface area contributed by atoms with Gasteiger partial charge in [0, 0.05) is 17.2 Å². The summed E-state index contributed by atoms with van der Waals surface area (Å²) >= 11 is 6.22. The number of ether oxygens (including phenoxy) is 2. The molecule has 0 fully saturated rings. The smallest absolute Gasteiger partial charge is 0.251 e.